The van der Waals surface area contributed by atoms with E-state index in [9.17, 15) is 4.79 Å². The molecule has 0 aliphatic rings. The summed E-state index contributed by atoms with van der Waals surface area (Å²) < 4.78 is 0. The molecule has 1 aromatic rings. The molecule has 64 valence electrons. The highest BCUT2D eigenvalue weighted by Crippen LogP contribution is 2.11. The molecule has 0 amide bonds. The lowest BCUT2D eigenvalue weighted by Crippen LogP contribution is -1.97. The van der Waals surface area contributed by atoms with Crippen LogP contribution < -0.4 is 5.73 Å². The normalized spacial score (nSPS) is 9.42. The highest BCUT2D eigenvalue weighted by Gasteiger charge is 2.01. The number of rotatable bonds is 2. The Morgan fingerprint density at radius 1 is 1.67 bits per heavy atom. The van der Waals surface area contributed by atoms with E-state index in [2.05, 4.69) is 0 Å². The van der Waals surface area contributed by atoms with Crippen LogP contribution in [0, 0.1) is 5.41 Å². The Morgan fingerprint density at radius 3 is 2.83 bits per heavy atom. The van der Waals surface area contributed by atoms with Crippen LogP contribution in [0.5, 0.6) is 0 Å². The molecule has 0 aliphatic carbocycles. The molecule has 3 heteroatoms. The summed E-state index contributed by atoms with van der Waals surface area (Å²) >= 11 is 0. The van der Waals surface area contributed by atoms with E-state index in [4.69, 9.17) is 11.1 Å². The molecule has 0 radical (unpaired) electrons. The Hall–Kier alpha value is -1.64. The van der Waals surface area contributed by atoms with E-state index in [-0.39, 0.29) is 7.21 Å². The van der Waals surface area contributed by atoms with E-state index in [1.807, 2.05) is 0 Å². The van der Waals surface area contributed by atoms with Crippen LogP contribution in [0.3, 0.4) is 0 Å². The second-order valence-electron chi connectivity index (χ2n) is 2.54. The van der Waals surface area contributed by atoms with Gasteiger partial charge < -0.3 is 11.1 Å². The quantitative estimate of drug-likeness (QED) is 0.397. The number of hydrogen-bond acceptors (Lipinski definition) is 3. The van der Waals surface area contributed by atoms with Crippen molar-refractivity contribution in [2.45, 2.75) is 6.92 Å². The summed E-state index contributed by atoms with van der Waals surface area (Å²) in [5.41, 5.74) is 7.23. The van der Waals surface area contributed by atoms with Crippen LogP contribution in [0.4, 0.5) is 5.69 Å². The van der Waals surface area contributed by atoms with Crippen molar-refractivity contribution in [2.24, 2.45) is 0 Å². The average Bonchev–Trinajstić information content (AvgIpc) is 2.05. The molecule has 1 rings (SSSR count). The number of nitrogen functional groups attached to an aromatic ring is 1. The van der Waals surface area contributed by atoms with Gasteiger partial charge in [0.05, 0.1) is 0 Å². The van der Waals surface area contributed by atoms with E-state index < -0.39 is 0 Å². The van der Waals surface area contributed by atoms with Gasteiger partial charge in [0, 0.05) is 24.5 Å². The molecule has 0 bridgehead atoms. The molecule has 0 spiro atoms. The second kappa shape index (κ2) is 3.17. The van der Waals surface area contributed by atoms with Crippen molar-refractivity contribution in [1.29, 1.82) is 5.41 Å². The van der Waals surface area contributed by atoms with E-state index in [0.29, 0.717) is 16.8 Å². The predicted octanol–water partition coefficient (Wildman–Crippen LogP) is 1.72. The van der Waals surface area contributed by atoms with Crippen molar-refractivity contribution in [3.8, 4) is 0 Å². The van der Waals surface area contributed by atoms with Gasteiger partial charge in [0.15, 0.2) is 5.78 Å². The Labute approximate surface area is 72.2 Å². The van der Waals surface area contributed by atoms with E-state index >= 15 is 0 Å². The standard InChI is InChI=1S/C9H10N2O.H2/c1-6(12)7-2-3-9(11)8(4-7)5-10;/h2-5,10H,11H2,1H3;1H. The fraction of sp³-hybridized carbons (Fsp3) is 0.111. The second-order valence-corrected chi connectivity index (χ2v) is 2.54. The van der Waals surface area contributed by atoms with Crippen LogP contribution in [0.25, 0.3) is 0 Å². The van der Waals surface area contributed by atoms with Crippen LogP contribution in [0.2, 0.25) is 0 Å². The molecule has 3 N–H and O–H groups in total. The molecular formula is C9H12N2O. The first kappa shape index (κ1) is 8.46. The van der Waals surface area contributed by atoms with E-state index in [0.717, 1.165) is 6.21 Å². The van der Waals surface area contributed by atoms with Crippen molar-refractivity contribution in [2.75, 3.05) is 5.73 Å². The summed E-state index contributed by atoms with van der Waals surface area (Å²) in [4.78, 5) is 10.9. The molecule has 0 atom stereocenters. The number of carbonyl (C=O) groups excluding carboxylic acids is 1. The maximum absolute atomic E-state index is 10.9. The Kier molecular flexibility index (Phi) is 2.24. The number of ketones is 1. The van der Waals surface area contributed by atoms with Crippen molar-refractivity contribution in [3.05, 3.63) is 29.3 Å². The summed E-state index contributed by atoms with van der Waals surface area (Å²) in [6, 6.07) is 4.91. The largest absolute Gasteiger partial charge is 0.398 e. The predicted molar refractivity (Wildman–Crippen MR) is 50.9 cm³/mol. The molecule has 0 heterocycles. The van der Waals surface area contributed by atoms with Crippen LogP contribution in [0.1, 0.15) is 24.3 Å². The number of Topliss-reactive ketones (excluding diaryl/α,β-unsaturated/α-hetero) is 1. The fourth-order valence-electron chi connectivity index (χ4n) is 0.919. The molecule has 1 aromatic carbocycles. The van der Waals surface area contributed by atoms with Crippen molar-refractivity contribution < 1.29 is 6.22 Å². The lowest BCUT2D eigenvalue weighted by Gasteiger charge is -2.00. The van der Waals surface area contributed by atoms with Gasteiger partial charge in [-0.2, -0.15) is 0 Å². The van der Waals surface area contributed by atoms with Gasteiger partial charge in [-0.3, -0.25) is 4.79 Å². The summed E-state index contributed by atoms with van der Waals surface area (Å²) in [6.45, 7) is 1.49. The molecule has 0 aliphatic heterocycles. The number of hydrogen-bond donors (Lipinski definition) is 2. The summed E-state index contributed by atoms with van der Waals surface area (Å²) in [6.07, 6.45) is 1.14. The molecule has 3 nitrogen and oxygen atoms in total. The van der Waals surface area contributed by atoms with Gasteiger partial charge in [-0.1, -0.05) is 0 Å². The first-order valence-electron chi connectivity index (χ1n) is 3.56. The molecule has 0 saturated carbocycles. The molecule has 0 unspecified atom stereocenters. The van der Waals surface area contributed by atoms with Crippen molar-refractivity contribution in [3.63, 3.8) is 0 Å². The first-order chi connectivity index (χ1) is 5.65. The van der Waals surface area contributed by atoms with Crippen LogP contribution in [-0.4, -0.2) is 12.0 Å². The number of benzene rings is 1. The summed E-state index contributed by atoms with van der Waals surface area (Å²) in [5.74, 6) is -0.0156. The molecule has 0 fully saturated rings. The Balaban J connectivity index is 0.00000144. The number of nitrogens with two attached hydrogens (primary N) is 1. The van der Waals surface area contributed by atoms with Gasteiger partial charge in [-0.15, -0.1) is 0 Å². The van der Waals surface area contributed by atoms with Gasteiger partial charge in [-0.25, -0.2) is 0 Å². The third-order valence-corrected chi connectivity index (χ3v) is 1.65. The third-order valence-electron chi connectivity index (χ3n) is 1.65. The van der Waals surface area contributed by atoms with Crippen LogP contribution in [-0.2, 0) is 0 Å². The SMILES string of the molecule is CC(=O)c1ccc(N)c(C=N)c1.[HH]. The summed E-state index contributed by atoms with van der Waals surface area (Å²) in [5, 5.41) is 7.01. The van der Waals surface area contributed by atoms with Gasteiger partial charge in [0.25, 0.3) is 0 Å². The molecule has 0 saturated heterocycles. The first-order valence-corrected chi connectivity index (χ1v) is 3.56. The van der Waals surface area contributed by atoms with Crippen LogP contribution in [0.15, 0.2) is 18.2 Å². The monoisotopic (exact) mass is 164 g/mol. The number of anilines is 1. The smallest absolute Gasteiger partial charge is 0.159 e. The highest BCUT2D eigenvalue weighted by atomic mass is 16.1. The zero-order valence-corrected chi connectivity index (χ0v) is 6.79. The molecule has 12 heavy (non-hydrogen) atoms. The van der Waals surface area contributed by atoms with E-state index in [1.54, 1.807) is 18.2 Å². The minimum absolute atomic E-state index is 0. The zero-order valence-electron chi connectivity index (χ0n) is 6.79. The minimum Gasteiger partial charge on any atom is -0.398 e. The third kappa shape index (κ3) is 1.50. The van der Waals surface area contributed by atoms with Gasteiger partial charge >= 0.3 is 0 Å². The maximum atomic E-state index is 10.9. The Bertz CT molecular complexity index is 336. The Morgan fingerprint density at radius 2 is 2.33 bits per heavy atom. The average molecular weight is 164 g/mol. The highest BCUT2D eigenvalue weighted by molar-refractivity contribution is 5.97. The number of nitrogens with one attached hydrogen (secondary N) is 1. The van der Waals surface area contributed by atoms with Gasteiger partial charge in [0.1, 0.15) is 0 Å². The van der Waals surface area contributed by atoms with Gasteiger partial charge in [-0.05, 0) is 25.1 Å². The van der Waals surface area contributed by atoms with E-state index in [1.165, 1.54) is 6.92 Å². The zero-order chi connectivity index (χ0) is 9.14. The van der Waals surface area contributed by atoms with Crippen molar-refractivity contribution in [1.82, 2.24) is 0 Å². The van der Waals surface area contributed by atoms with Crippen LogP contribution >= 0.6 is 0 Å². The minimum atomic E-state index is -0.0156. The number of carbonyl (C=O) groups is 1. The topological polar surface area (TPSA) is 66.9 Å². The lowest BCUT2D eigenvalue weighted by molar-refractivity contribution is 0.101. The molecule has 0 aromatic heterocycles. The maximum Gasteiger partial charge on any atom is 0.159 e. The lowest BCUT2D eigenvalue weighted by atomic mass is 10.1. The van der Waals surface area contributed by atoms with Crippen molar-refractivity contribution >= 4 is 17.7 Å². The summed E-state index contributed by atoms with van der Waals surface area (Å²) in [7, 11) is 0. The fourth-order valence-corrected chi connectivity index (χ4v) is 0.919. The van der Waals surface area contributed by atoms with Gasteiger partial charge in [0.2, 0.25) is 0 Å². The molecular weight excluding hydrogens is 152 g/mol.